The Labute approximate surface area is 119 Å². The molecule has 0 aromatic heterocycles. The molecule has 1 heterocycles. The number of hydrogen-bond acceptors (Lipinski definition) is 3. The summed E-state index contributed by atoms with van der Waals surface area (Å²) < 4.78 is 5.80. The van der Waals surface area contributed by atoms with Gasteiger partial charge in [0.15, 0.2) is 0 Å². The van der Waals surface area contributed by atoms with Crippen LogP contribution in [-0.2, 0) is 9.53 Å². The van der Waals surface area contributed by atoms with E-state index in [0.717, 1.165) is 5.56 Å². The number of carbonyl (C=O) groups excluding carboxylic acids is 1. The van der Waals surface area contributed by atoms with E-state index >= 15 is 0 Å². The Morgan fingerprint density at radius 1 is 1.42 bits per heavy atom. The van der Waals surface area contributed by atoms with Crippen molar-refractivity contribution in [1.82, 2.24) is 5.32 Å². The molecule has 1 amide bonds. The maximum Gasteiger partial charge on any atom is 0.311 e. The first kappa shape index (κ1) is 14.0. The number of ether oxygens (including phenoxy) is 1. The number of carboxylic acids is 1. The van der Waals surface area contributed by atoms with E-state index in [0.29, 0.717) is 10.0 Å². The minimum Gasteiger partial charge on any atom is -0.481 e. The van der Waals surface area contributed by atoms with Gasteiger partial charge in [-0.1, -0.05) is 6.07 Å². The lowest BCUT2D eigenvalue weighted by molar-refractivity contribution is -0.142. The van der Waals surface area contributed by atoms with Gasteiger partial charge in [0, 0.05) is 4.47 Å². The average molecular weight is 328 g/mol. The zero-order chi connectivity index (χ0) is 14.0. The van der Waals surface area contributed by atoms with Gasteiger partial charge in [-0.3, -0.25) is 9.59 Å². The van der Waals surface area contributed by atoms with Gasteiger partial charge >= 0.3 is 5.97 Å². The number of aliphatic carboxylic acids is 1. The molecule has 2 N–H and O–H groups in total. The second-order valence-corrected chi connectivity index (χ2v) is 5.40. The summed E-state index contributed by atoms with van der Waals surface area (Å²) in [5, 5.41) is 11.7. The first-order valence-corrected chi connectivity index (χ1v) is 6.66. The number of rotatable bonds is 3. The van der Waals surface area contributed by atoms with Gasteiger partial charge in [0.2, 0.25) is 0 Å². The topological polar surface area (TPSA) is 75.6 Å². The lowest BCUT2D eigenvalue weighted by Gasteiger charge is -2.16. The summed E-state index contributed by atoms with van der Waals surface area (Å²) in [6.45, 7) is 2.29. The van der Waals surface area contributed by atoms with Crippen LogP contribution in [-0.4, -0.2) is 36.2 Å². The minimum absolute atomic E-state index is 0.134. The lowest BCUT2D eigenvalue weighted by Crippen LogP contribution is -2.42. The van der Waals surface area contributed by atoms with E-state index in [1.54, 1.807) is 6.07 Å². The van der Waals surface area contributed by atoms with Gasteiger partial charge in [-0.2, -0.15) is 0 Å². The van der Waals surface area contributed by atoms with Crippen LogP contribution in [0.3, 0.4) is 0 Å². The van der Waals surface area contributed by atoms with Crippen LogP contribution in [0.25, 0.3) is 0 Å². The minimum atomic E-state index is -0.953. The third-order valence-electron chi connectivity index (χ3n) is 3.08. The second-order valence-electron chi connectivity index (χ2n) is 4.55. The fourth-order valence-electron chi connectivity index (χ4n) is 1.99. The molecule has 0 radical (unpaired) electrons. The molecule has 1 saturated heterocycles. The predicted molar refractivity (Wildman–Crippen MR) is 72.1 cm³/mol. The monoisotopic (exact) mass is 327 g/mol. The van der Waals surface area contributed by atoms with Crippen LogP contribution in [0.2, 0.25) is 0 Å². The van der Waals surface area contributed by atoms with Gasteiger partial charge in [-0.25, -0.2) is 0 Å². The average Bonchev–Trinajstić information content (AvgIpc) is 2.76. The standard InChI is InChI=1S/C13H14BrNO4/c1-7-2-3-8(10(14)4-7)12(16)15-11-6-19-5-9(11)13(17)18/h2-4,9,11H,5-6H2,1H3,(H,15,16)(H,17,18). The summed E-state index contributed by atoms with van der Waals surface area (Å²) in [6, 6.07) is 4.90. The van der Waals surface area contributed by atoms with E-state index in [2.05, 4.69) is 21.2 Å². The number of carboxylic acid groups (broad SMARTS) is 1. The highest BCUT2D eigenvalue weighted by Crippen LogP contribution is 2.20. The van der Waals surface area contributed by atoms with E-state index in [1.807, 2.05) is 19.1 Å². The van der Waals surface area contributed by atoms with Crippen molar-refractivity contribution in [2.75, 3.05) is 13.2 Å². The maximum absolute atomic E-state index is 12.1. The summed E-state index contributed by atoms with van der Waals surface area (Å²) >= 11 is 3.33. The molecular weight excluding hydrogens is 314 g/mol. The third-order valence-corrected chi connectivity index (χ3v) is 3.74. The normalized spacial score (nSPS) is 22.2. The number of halogens is 1. The van der Waals surface area contributed by atoms with Crippen LogP contribution in [0.5, 0.6) is 0 Å². The van der Waals surface area contributed by atoms with Crippen LogP contribution in [0, 0.1) is 12.8 Å². The van der Waals surface area contributed by atoms with Gasteiger partial charge in [0.05, 0.1) is 24.8 Å². The van der Waals surface area contributed by atoms with Crippen LogP contribution in [0.4, 0.5) is 0 Å². The quantitative estimate of drug-likeness (QED) is 0.883. The van der Waals surface area contributed by atoms with E-state index in [9.17, 15) is 9.59 Å². The Balaban J connectivity index is 2.10. The van der Waals surface area contributed by atoms with Crippen LogP contribution in [0.1, 0.15) is 15.9 Å². The predicted octanol–water partition coefficient (Wildman–Crippen LogP) is 1.59. The SMILES string of the molecule is Cc1ccc(C(=O)NC2COCC2C(=O)O)c(Br)c1. The van der Waals surface area contributed by atoms with Crippen molar-refractivity contribution < 1.29 is 19.4 Å². The van der Waals surface area contributed by atoms with Crippen molar-refractivity contribution in [3.05, 3.63) is 33.8 Å². The molecule has 19 heavy (non-hydrogen) atoms. The number of nitrogens with one attached hydrogen (secondary N) is 1. The van der Waals surface area contributed by atoms with Gasteiger partial charge in [0.1, 0.15) is 5.92 Å². The van der Waals surface area contributed by atoms with Crippen molar-refractivity contribution in [1.29, 1.82) is 0 Å². The fourth-order valence-corrected chi connectivity index (χ4v) is 2.66. The molecule has 0 bridgehead atoms. The van der Waals surface area contributed by atoms with Crippen molar-refractivity contribution in [3.8, 4) is 0 Å². The molecule has 2 rings (SSSR count). The molecule has 102 valence electrons. The molecule has 0 spiro atoms. The number of hydrogen-bond donors (Lipinski definition) is 2. The molecule has 5 nitrogen and oxygen atoms in total. The summed E-state index contributed by atoms with van der Waals surface area (Å²) in [5.74, 6) is -1.94. The largest absolute Gasteiger partial charge is 0.481 e. The smallest absolute Gasteiger partial charge is 0.311 e. The first-order chi connectivity index (χ1) is 8.99. The van der Waals surface area contributed by atoms with Gasteiger partial charge in [0.25, 0.3) is 5.91 Å². The Kier molecular flexibility index (Phi) is 4.21. The van der Waals surface area contributed by atoms with Crippen molar-refractivity contribution in [2.24, 2.45) is 5.92 Å². The lowest BCUT2D eigenvalue weighted by atomic mass is 10.0. The second kappa shape index (κ2) is 5.71. The molecule has 1 aliphatic heterocycles. The summed E-state index contributed by atoms with van der Waals surface area (Å²) in [5.41, 5.74) is 1.53. The molecule has 2 unspecified atom stereocenters. The number of carbonyl (C=O) groups is 2. The number of aryl methyl sites for hydroxylation is 1. The molecule has 1 aromatic rings. The van der Waals surface area contributed by atoms with E-state index in [1.165, 1.54) is 0 Å². The van der Waals surface area contributed by atoms with Crippen LogP contribution >= 0.6 is 15.9 Å². The first-order valence-electron chi connectivity index (χ1n) is 5.86. The molecule has 1 aromatic carbocycles. The van der Waals surface area contributed by atoms with Gasteiger partial charge < -0.3 is 15.2 Å². The molecule has 6 heteroatoms. The highest BCUT2D eigenvalue weighted by Gasteiger charge is 2.35. The van der Waals surface area contributed by atoms with Crippen molar-refractivity contribution in [3.63, 3.8) is 0 Å². The molecule has 1 aliphatic rings. The molecular formula is C13H14BrNO4. The zero-order valence-corrected chi connectivity index (χ0v) is 11.9. The van der Waals surface area contributed by atoms with Gasteiger partial charge in [-0.05, 0) is 40.5 Å². The maximum atomic E-state index is 12.1. The van der Waals surface area contributed by atoms with Crippen LogP contribution < -0.4 is 5.32 Å². The molecule has 0 aliphatic carbocycles. The highest BCUT2D eigenvalue weighted by atomic mass is 79.9. The molecule has 1 fully saturated rings. The van der Waals surface area contributed by atoms with E-state index in [4.69, 9.17) is 9.84 Å². The number of benzene rings is 1. The molecule has 2 atom stereocenters. The third kappa shape index (κ3) is 3.13. The molecule has 0 saturated carbocycles. The van der Waals surface area contributed by atoms with Gasteiger partial charge in [-0.15, -0.1) is 0 Å². The highest BCUT2D eigenvalue weighted by molar-refractivity contribution is 9.10. The van der Waals surface area contributed by atoms with Crippen molar-refractivity contribution >= 4 is 27.8 Å². The zero-order valence-electron chi connectivity index (χ0n) is 10.4. The number of amides is 1. The summed E-state index contributed by atoms with van der Waals surface area (Å²) in [7, 11) is 0. The summed E-state index contributed by atoms with van der Waals surface area (Å²) in [4.78, 5) is 23.1. The Bertz CT molecular complexity index is 517. The van der Waals surface area contributed by atoms with Crippen molar-refractivity contribution in [2.45, 2.75) is 13.0 Å². The van der Waals surface area contributed by atoms with Crippen LogP contribution in [0.15, 0.2) is 22.7 Å². The summed E-state index contributed by atoms with van der Waals surface area (Å²) in [6.07, 6.45) is 0. The van der Waals surface area contributed by atoms with E-state index in [-0.39, 0.29) is 19.1 Å². The van der Waals surface area contributed by atoms with E-state index < -0.39 is 17.9 Å². The Hall–Kier alpha value is -1.40. The Morgan fingerprint density at radius 2 is 2.16 bits per heavy atom. The Morgan fingerprint density at radius 3 is 2.79 bits per heavy atom. The fraction of sp³-hybridized carbons (Fsp3) is 0.385.